The van der Waals surface area contributed by atoms with E-state index in [1.54, 1.807) is 22.8 Å². The van der Waals surface area contributed by atoms with E-state index >= 15 is 0 Å². The van der Waals surface area contributed by atoms with Crippen LogP contribution in [0.2, 0.25) is 0 Å². The maximum absolute atomic E-state index is 14.0. The molecule has 0 fully saturated rings. The van der Waals surface area contributed by atoms with Crippen molar-refractivity contribution in [2.75, 3.05) is 0 Å². The van der Waals surface area contributed by atoms with E-state index in [0.717, 1.165) is 0 Å². The third-order valence-corrected chi connectivity index (χ3v) is 3.31. The van der Waals surface area contributed by atoms with Crippen LogP contribution in [0.5, 0.6) is 0 Å². The standard InChI is InChI=1S/C11H11BrFN3S/c1-6(2)16-10(14-15-11(16)17)7-4-3-5-8(12)9(7)13/h3-6H,1-2H3,(H,15,17). The SMILES string of the molecule is CC(C)n1c(-c2cccc(Br)c2F)n[nH]c1=S. The highest BCUT2D eigenvalue weighted by atomic mass is 79.9. The lowest BCUT2D eigenvalue weighted by Gasteiger charge is -2.11. The molecule has 3 nitrogen and oxygen atoms in total. The Kier molecular flexibility index (Phi) is 3.44. The number of benzene rings is 1. The van der Waals surface area contributed by atoms with Gasteiger partial charge in [0.25, 0.3) is 0 Å². The second kappa shape index (κ2) is 4.70. The van der Waals surface area contributed by atoms with E-state index in [0.29, 0.717) is 20.6 Å². The fourth-order valence-corrected chi connectivity index (χ4v) is 2.36. The van der Waals surface area contributed by atoms with Crippen molar-refractivity contribution in [3.05, 3.63) is 33.3 Å². The lowest BCUT2D eigenvalue weighted by molar-refractivity contribution is 0.587. The van der Waals surface area contributed by atoms with Crippen LogP contribution in [0.4, 0.5) is 4.39 Å². The highest BCUT2D eigenvalue weighted by Gasteiger charge is 2.16. The van der Waals surface area contributed by atoms with Crippen LogP contribution in [0, 0.1) is 10.6 Å². The molecule has 0 bridgehead atoms. The molecule has 90 valence electrons. The van der Waals surface area contributed by atoms with Gasteiger partial charge in [-0.1, -0.05) is 6.07 Å². The van der Waals surface area contributed by atoms with E-state index in [1.165, 1.54) is 0 Å². The molecule has 0 aliphatic heterocycles. The van der Waals surface area contributed by atoms with Gasteiger partial charge in [-0.15, -0.1) is 0 Å². The first-order valence-electron chi connectivity index (χ1n) is 5.13. The predicted molar refractivity (Wildman–Crippen MR) is 70.9 cm³/mol. The summed E-state index contributed by atoms with van der Waals surface area (Å²) in [6.45, 7) is 3.95. The predicted octanol–water partition coefficient (Wildman–Crippen LogP) is 4.09. The highest BCUT2D eigenvalue weighted by Crippen LogP contribution is 2.28. The number of hydrogen-bond acceptors (Lipinski definition) is 2. The fraction of sp³-hybridized carbons (Fsp3) is 0.273. The van der Waals surface area contributed by atoms with Crippen LogP contribution in [0.3, 0.4) is 0 Å². The maximum atomic E-state index is 14.0. The summed E-state index contributed by atoms with van der Waals surface area (Å²) < 4.78 is 16.7. The summed E-state index contributed by atoms with van der Waals surface area (Å²) in [6.07, 6.45) is 0. The van der Waals surface area contributed by atoms with E-state index < -0.39 is 0 Å². The minimum absolute atomic E-state index is 0.120. The summed E-state index contributed by atoms with van der Waals surface area (Å²) in [5.41, 5.74) is 0.431. The summed E-state index contributed by atoms with van der Waals surface area (Å²) in [5.74, 6) is 0.187. The molecule has 0 spiro atoms. The molecule has 0 aliphatic rings. The molecule has 1 aromatic heterocycles. The van der Waals surface area contributed by atoms with Crippen LogP contribution in [0.15, 0.2) is 22.7 Å². The number of aromatic nitrogens is 3. The summed E-state index contributed by atoms with van der Waals surface area (Å²) in [7, 11) is 0. The molecular weight excluding hydrogens is 305 g/mol. The first-order valence-corrected chi connectivity index (χ1v) is 6.33. The van der Waals surface area contributed by atoms with Crippen LogP contribution in [0.25, 0.3) is 11.4 Å². The van der Waals surface area contributed by atoms with Crippen LogP contribution < -0.4 is 0 Å². The molecule has 0 unspecified atom stereocenters. The Morgan fingerprint density at radius 3 is 2.82 bits per heavy atom. The van der Waals surface area contributed by atoms with Crippen LogP contribution in [0.1, 0.15) is 19.9 Å². The number of nitrogens with zero attached hydrogens (tertiary/aromatic N) is 2. The third-order valence-electron chi connectivity index (χ3n) is 2.41. The molecule has 2 rings (SSSR count). The highest BCUT2D eigenvalue weighted by molar-refractivity contribution is 9.10. The zero-order valence-electron chi connectivity index (χ0n) is 9.37. The second-order valence-corrected chi connectivity index (χ2v) is 5.16. The van der Waals surface area contributed by atoms with Gasteiger partial charge in [-0.2, -0.15) is 5.10 Å². The van der Waals surface area contributed by atoms with Crippen molar-refractivity contribution in [2.45, 2.75) is 19.9 Å². The van der Waals surface area contributed by atoms with Gasteiger partial charge in [-0.3, -0.25) is 9.67 Å². The first kappa shape index (κ1) is 12.4. The molecule has 1 aromatic carbocycles. The molecule has 1 heterocycles. The van der Waals surface area contributed by atoms with Crippen LogP contribution in [-0.4, -0.2) is 14.8 Å². The van der Waals surface area contributed by atoms with Crippen molar-refractivity contribution < 1.29 is 4.39 Å². The van der Waals surface area contributed by atoms with Crippen molar-refractivity contribution in [3.8, 4) is 11.4 Å². The molecule has 0 radical (unpaired) electrons. The van der Waals surface area contributed by atoms with Crippen molar-refractivity contribution in [3.63, 3.8) is 0 Å². The van der Waals surface area contributed by atoms with Gasteiger partial charge in [0.05, 0.1) is 10.0 Å². The Hall–Kier alpha value is -1.01. The molecular formula is C11H11BrFN3S. The Bertz CT molecular complexity index is 603. The van der Waals surface area contributed by atoms with Gasteiger partial charge in [0.1, 0.15) is 5.82 Å². The van der Waals surface area contributed by atoms with Gasteiger partial charge in [0.2, 0.25) is 0 Å². The molecule has 0 saturated heterocycles. The van der Waals surface area contributed by atoms with Crippen molar-refractivity contribution in [1.29, 1.82) is 0 Å². The quantitative estimate of drug-likeness (QED) is 0.847. The molecule has 2 aromatic rings. The monoisotopic (exact) mass is 315 g/mol. The van der Waals surface area contributed by atoms with Gasteiger partial charge >= 0.3 is 0 Å². The van der Waals surface area contributed by atoms with Gasteiger partial charge in [-0.05, 0) is 54.1 Å². The molecule has 0 aliphatic carbocycles. The van der Waals surface area contributed by atoms with Gasteiger partial charge in [0, 0.05) is 6.04 Å². The maximum Gasteiger partial charge on any atom is 0.195 e. The van der Waals surface area contributed by atoms with E-state index in [-0.39, 0.29) is 11.9 Å². The molecule has 0 saturated carbocycles. The molecule has 6 heteroatoms. The van der Waals surface area contributed by atoms with E-state index in [1.807, 2.05) is 13.8 Å². The zero-order chi connectivity index (χ0) is 12.6. The largest absolute Gasteiger partial charge is 0.298 e. The summed E-state index contributed by atoms with van der Waals surface area (Å²) >= 11 is 8.30. The normalized spacial score (nSPS) is 11.1. The summed E-state index contributed by atoms with van der Waals surface area (Å²) in [4.78, 5) is 0. The Labute approximate surface area is 112 Å². The van der Waals surface area contributed by atoms with Crippen molar-refractivity contribution >= 4 is 28.1 Å². The van der Waals surface area contributed by atoms with Crippen molar-refractivity contribution in [2.24, 2.45) is 0 Å². The molecule has 17 heavy (non-hydrogen) atoms. The number of H-pyrrole nitrogens is 1. The second-order valence-electron chi connectivity index (χ2n) is 3.92. The van der Waals surface area contributed by atoms with E-state index in [2.05, 4.69) is 26.1 Å². The fourth-order valence-electron chi connectivity index (χ4n) is 1.65. The number of aromatic amines is 1. The average molecular weight is 316 g/mol. The van der Waals surface area contributed by atoms with Crippen LogP contribution >= 0.6 is 28.1 Å². The third kappa shape index (κ3) is 2.19. The minimum Gasteiger partial charge on any atom is -0.298 e. The number of hydrogen-bond donors (Lipinski definition) is 1. The minimum atomic E-state index is -0.330. The molecule has 0 atom stereocenters. The zero-order valence-corrected chi connectivity index (χ0v) is 11.8. The Morgan fingerprint density at radius 2 is 2.18 bits per heavy atom. The summed E-state index contributed by atoms with van der Waals surface area (Å²) in [6, 6.07) is 5.23. The number of rotatable bonds is 2. The van der Waals surface area contributed by atoms with Gasteiger partial charge in [-0.25, -0.2) is 4.39 Å². The lowest BCUT2D eigenvalue weighted by Crippen LogP contribution is -2.04. The van der Waals surface area contributed by atoms with E-state index in [4.69, 9.17) is 12.2 Å². The Morgan fingerprint density at radius 1 is 1.47 bits per heavy atom. The molecule has 0 amide bonds. The molecule has 1 N–H and O–H groups in total. The van der Waals surface area contributed by atoms with Gasteiger partial charge < -0.3 is 0 Å². The Balaban J connectivity index is 2.69. The average Bonchev–Trinajstić information content (AvgIpc) is 2.64. The van der Waals surface area contributed by atoms with Crippen LogP contribution in [-0.2, 0) is 0 Å². The van der Waals surface area contributed by atoms with Gasteiger partial charge in [0.15, 0.2) is 10.6 Å². The lowest BCUT2D eigenvalue weighted by atomic mass is 10.2. The summed E-state index contributed by atoms with van der Waals surface area (Å²) in [5, 5.41) is 6.79. The number of nitrogens with one attached hydrogen (secondary N) is 1. The van der Waals surface area contributed by atoms with Crippen molar-refractivity contribution in [1.82, 2.24) is 14.8 Å². The smallest absolute Gasteiger partial charge is 0.195 e. The topological polar surface area (TPSA) is 33.6 Å². The first-order chi connectivity index (χ1) is 8.02. The van der Waals surface area contributed by atoms with E-state index in [9.17, 15) is 4.39 Å². The number of halogens is 2.